The number of hydrogen-bond acceptors (Lipinski definition) is 13. The van der Waals surface area contributed by atoms with Gasteiger partial charge in [-0.25, -0.2) is 9.37 Å². The van der Waals surface area contributed by atoms with E-state index in [1.54, 1.807) is 51.2 Å². The van der Waals surface area contributed by atoms with Crippen LogP contribution in [0.25, 0.3) is 11.0 Å². The molecule has 2 aromatic heterocycles. The lowest BCUT2D eigenvalue weighted by Crippen LogP contribution is -2.53. The number of amides is 2. The van der Waals surface area contributed by atoms with E-state index >= 15 is 4.39 Å². The smallest absolute Gasteiger partial charge is 0.234 e. The van der Waals surface area contributed by atoms with E-state index in [9.17, 15) is 14.2 Å². The predicted octanol–water partition coefficient (Wildman–Crippen LogP) is 8.32. The van der Waals surface area contributed by atoms with Crippen LogP contribution in [0.15, 0.2) is 65.5 Å². The number of imide groups is 1. The Morgan fingerprint density at radius 2 is 1.70 bits per heavy atom. The molecule has 2 amide bonds. The Morgan fingerprint density at radius 1 is 0.909 bits per heavy atom. The number of nitrogens with zero attached hydrogens (tertiary/aromatic N) is 7. The third kappa shape index (κ3) is 9.98. The minimum Gasteiger partial charge on any atom is -0.494 e. The van der Waals surface area contributed by atoms with Crippen molar-refractivity contribution in [1.29, 1.82) is 0 Å². The van der Waals surface area contributed by atoms with E-state index in [2.05, 4.69) is 80.6 Å². The SMILES string of the molecule is CCc1cc(Nc2ncc(Br)c(Nc3ccc4nccnc4c3P(C)(C)=O)n2)c(OC)cc1N1CCC(N2CCN(CC3CCC(c4ccc(C5CCC(=O)NC5=O)c(F)c4)C3)CC2)CC1. The zero-order valence-corrected chi connectivity index (χ0v) is 40.6. The van der Waals surface area contributed by atoms with Crippen LogP contribution >= 0.6 is 23.1 Å². The number of carbonyl (C=O) groups is 2. The first-order chi connectivity index (χ1) is 31.8. The number of fused-ring (bicyclic) bond motifs is 1. The van der Waals surface area contributed by atoms with Gasteiger partial charge in [-0.15, -0.1) is 0 Å². The van der Waals surface area contributed by atoms with Crippen LogP contribution in [0.4, 0.5) is 33.2 Å². The van der Waals surface area contributed by atoms with Crippen molar-refractivity contribution in [1.82, 2.24) is 35.1 Å². The maximum Gasteiger partial charge on any atom is 0.234 e. The van der Waals surface area contributed by atoms with Gasteiger partial charge >= 0.3 is 0 Å². The molecule has 5 heterocycles. The maximum atomic E-state index is 15.3. The molecular formula is C49H59BrFN10O4P. The molecule has 4 fully saturated rings. The number of anilines is 5. The Morgan fingerprint density at radius 3 is 2.42 bits per heavy atom. The summed E-state index contributed by atoms with van der Waals surface area (Å²) < 4.78 is 35.5. The summed E-state index contributed by atoms with van der Waals surface area (Å²) in [6.45, 7) is 13.0. The van der Waals surface area contributed by atoms with Crippen LogP contribution in [-0.2, 0) is 20.6 Å². The predicted molar refractivity (Wildman–Crippen MR) is 262 cm³/mol. The van der Waals surface area contributed by atoms with Crippen molar-refractivity contribution in [3.05, 3.63) is 88.0 Å². The molecule has 348 valence electrons. The van der Waals surface area contributed by atoms with Gasteiger partial charge in [-0.1, -0.05) is 19.1 Å². The summed E-state index contributed by atoms with van der Waals surface area (Å²) in [6.07, 6.45) is 11.8. The number of carbonyl (C=O) groups excluding carboxylic acids is 2. The van der Waals surface area contributed by atoms with Gasteiger partial charge in [-0.2, -0.15) is 4.98 Å². The van der Waals surface area contributed by atoms with E-state index in [1.165, 1.54) is 11.3 Å². The van der Waals surface area contributed by atoms with Crippen LogP contribution in [0.1, 0.15) is 80.4 Å². The average Bonchev–Trinajstić information content (AvgIpc) is 3.78. The van der Waals surface area contributed by atoms with Gasteiger partial charge in [-0.05, 0) is 121 Å². The summed E-state index contributed by atoms with van der Waals surface area (Å²) in [7, 11) is -1.09. The summed E-state index contributed by atoms with van der Waals surface area (Å²) in [5, 5.41) is 9.77. The number of hydrogen-bond donors (Lipinski definition) is 3. The molecule has 5 aromatic rings. The Kier molecular flexibility index (Phi) is 13.7. The zero-order chi connectivity index (χ0) is 46.1. The molecule has 3 saturated heterocycles. The number of piperazine rings is 1. The number of rotatable bonds is 13. The number of ether oxygens (including phenoxy) is 1. The molecule has 1 aliphatic carbocycles. The highest BCUT2D eigenvalue weighted by Crippen LogP contribution is 2.43. The average molecular weight is 982 g/mol. The fourth-order valence-electron chi connectivity index (χ4n) is 10.7. The van der Waals surface area contributed by atoms with Crippen molar-refractivity contribution in [2.45, 2.75) is 76.2 Å². The minimum absolute atomic E-state index is 0.243. The molecule has 3 aromatic carbocycles. The third-order valence-corrected chi connectivity index (χ3v) is 16.2. The first-order valence-corrected chi connectivity index (χ1v) is 26.7. The second-order valence-electron chi connectivity index (χ2n) is 18.6. The van der Waals surface area contributed by atoms with E-state index in [4.69, 9.17) is 9.72 Å². The molecule has 0 radical (unpaired) electrons. The monoisotopic (exact) mass is 980 g/mol. The summed E-state index contributed by atoms with van der Waals surface area (Å²) >= 11 is 3.60. The molecule has 0 spiro atoms. The first kappa shape index (κ1) is 46.1. The lowest BCUT2D eigenvalue weighted by atomic mass is 9.87. The fraction of sp³-hybridized carbons (Fsp3) is 0.469. The third-order valence-electron chi connectivity index (χ3n) is 14.1. The molecule has 0 bridgehead atoms. The lowest BCUT2D eigenvalue weighted by molar-refractivity contribution is -0.134. The van der Waals surface area contributed by atoms with Crippen molar-refractivity contribution >= 4 is 80.1 Å². The quantitative estimate of drug-likeness (QED) is 0.0765. The second-order valence-corrected chi connectivity index (χ2v) is 22.6. The molecule has 3 unspecified atom stereocenters. The molecule has 9 rings (SSSR count). The molecule has 3 atom stereocenters. The molecular weight excluding hydrogens is 922 g/mol. The van der Waals surface area contributed by atoms with Crippen LogP contribution in [0.2, 0.25) is 0 Å². The van der Waals surface area contributed by atoms with Gasteiger partial charge in [0.2, 0.25) is 17.8 Å². The molecule has 4 aliphatic rings. The van der Waals surface area contributed by atoms with Gasteiger partial charge in [0.1, 0.15) is 30.0 Å². The molecule has 17 heteroatoms. The molecule has 1 saturated carbocycles. The number of benzene rings is 3. The number of piperidine rings is 2. The van der Waals surface area contributed by atoms with Crippen LogP contribution < -0.4 is 30.9 Å². The van der Waals surface area contributed by atoms with E-state index in [0.717, 1.165) is 95.6 Å². The van der Waals surface area contributed by atoms with E-state index in [1.807, 2.05) is 18.2 Å². The number of halogens is 2. The van der Waals surface area contributed by atoms with Crippen molar-refractivity contribution in [2.24, 2.45) is 5.92 Å². The first-order valence-electron chi connectivity index (χ1n) is 23.3. The van der Waals surface area contributed by atoms with E-state index in [0.29, 0.717) is 73.9 Å². The van der Waals surface area contributed by atoms with Gasteiger partial charge in [0.05, 0.1) is 39.7 Å². The summed E-state index contributed by atoms with van der Waals surface area (Å²) in [6, 6.07) is 14.0. The zero-order valence-electron chi connectivity index (χ0n) is 38.2. The van der Waals surface area contributed by atoms with Crippen molar-refractivity contribution in [3.63, 3.8) is 0 Å². The highest BCUT2D eigenvalue weighted by atomic mass is 79.9. The van der Waals surface area contributed by atoms with Gasteiger partial charge in [-0.3, -0.25) is 29.8 Å². The molecule has 3 aliphatic heterocycles. The lowest BCUT2D eigenvalue weighted by Gasteiger charge is -2.44. The number of methoxy groups -OCH3 is 1. The van der Waals surface area contributed by atoms with Crippen LogP contribution in [0.5, 0.6) is 5.75 Å². The number of aryl methyl sites for hydroxylation is 1. The van der Waals surface area contributed by atoms with E-state index < -0.39 is 19.0 Å². The highest BCUT2D eigenvalue weighted by Gasteiger charge is 2.34. The summed E-state index contributed by atoms with van der Waals surface area (Å²) in [5.74, 6) is 0.901. The molecule has 14 nitrogen and oxygen atoms in total. The second kappa shape index (κ2) is 19.7. The normalized spacial score (nSPS) is 21.3. The standard InChI is InChI=1S/C49H59BrFN10O4P/c1-5-31-26-41(56-49-54-28-37(50)47(58-49)55-40-12-11-39-45(53-17-16-52-39)46(40)66(3,4)64)43(65-2)27-42(31)61-18-14-34(15-19-61)60-22-20-59(21-23-60)29-30-6-7-32(24-30)33-8-9-35(38(51)25-33)36-10-13-44(62)57-48(36)63/h8-9,11-12,16-17,25-28,30,32,34,36H,5-7,10,13-15,18-24,29H2,1-4H3,(H,57,62,63)(H2,54,55,56,58). The molecule has 3 N–H and O–H groups in total. The van der Waals surface area contributed by atoms with Crippen LogP contribution in [0, 0.1) is 11.7 Å². The van der Waals surface area contributed by atoms with Crippen molar-refractivity contribution in [3.8, 4) is 5.75 Å². The van der Waals surface area contributed by atoms with Crippen LogP contribution in [-0.4, -0.2) is 114 Å². The summed E-state index contributed by atoms with van der Waals surface area (Å²) in [4.78, 5) is 50.1. The summed E-state index contributed by atoms with van der Waals surface area (Å²) in [5.41, 5.74) is 6.52. The molecule has 66 heavy (non-hydrogen) atoms. The van der Waals surface area contributed by atoms with Gasteiger partial charge in [0.15, 0.2) is 0 Å². The highest BCUT2D eigenvalue weighted by molar-refractivity contribution is 9.10. The Labute approximate surface area is 394 Å². The van der Waals surface area contributed by atoms with Gasteiger partial charge < -0.3 is 29.7 Å². The topological polar surface area (TPSA) is 158 Å². The maximum absolute atomic E-state index is 15.3. The van der Waals surface area contributed by atoms with E-state index in [-0.39, 0.29) is 18.1 Å². The Bertz CT molecular complexity index is 2670. The fourth-order valence-corrected chi connectivity index (χ4v) is 12.3. The Balaban J connectivity index is 0.779. The number of aromatic nitrogens is 4. The van der Waals surface area contributed by atoms with Crippen molar-refractivity contribution in [2.75, 3.05) is 81.8 Å². The van der Waals surface area contributed by atoms with Gasteiger partial charge in [0, 0.05) is 94.2 Å². The number of nitrogens with one attached hydrogen (secondary N) is 3. The Hall–Kier alpha value is -5.02. The minimum atomic E-state index is -2.77. The van der Waals surface area contributed by atoms with Crippen LogP contribution in [0.3, 0.4) is 0 Å². The van der Waals surface area contributed by atoms with Crippen molar-refractivity contribution < 1.29 is 23.3 Å². The van der Waals surface area contributed by atoms with Gasteiger partial charge in [0.25, 0.3) is 0 Å². The largest absolute Gasteiger partial charge is 0.494 e.